The van der Waals surface area contributed by atoms with Crippen molar-refractivity contribution >= 4 is 28.9 Å². The highest BCUT2D eigenvalue weighted by Gasteiger charge is 2.25. The van der Waals surface area contributed by atoms with Crippen molar-refractivity contribution in [3.63, 3.8) is 0 Å². The lowest BCUT2D eigenvalue weighted by molar-refractivity contribution is 0.157. The fraction of sp³-hybridized carbons (Fsp3) is 1.00. The molecule has 2 unspecified atom stereocenters. The molecule has 0 fully saturated rings. The summed E-state index contributed by atoms with van der Waals surface area (Å²) >= 11 is 7.55. The van der Waals surface area contributed by atoms with E-state index in [2.05, 4.69) is 34.6 Å². The maximum atomic E-state index is 6.17. The molecule has 0 aliphatic carbocycles. The van der Waals surface area contributed by atoms with E-state index >= 15 is 0 Å². The molecule has 21 heavy (non-hydrogen) atoms. The van der Waals surface area contributed by atoms with Gasteiger partial charge in [-0.05, 0) is 44.9 Å². The van der Waals surface area contributed by atoms with E-state index in [1.54, 1.807) is 11.4 Å². The molecule has 0 aromatic heterocycles. The zero-order valence-electron chi connectivity index (χ0n) is 14.6. The summed E-state index contributed by atoms with van der Waals surface area (Å²) in [6.07, 6.45) is 9.86. The Hall–Kier alpha value is 0.920. The highest BCUT2D eigenvalue weighted by molar-refractivity contribution is 8.67. The Bertz CT molecular complexity index is 269. The third-order valence-corrected chi connectivity index (χ3v) is 8.76. The zero-order valence-corrected chi connectivity index (χ0v) is 17.1. The first kappa shape index (κ1) is 21.9. The Balaban J connectivity index is 4.40. The van der Waals surface area contributed by atoms with Crippen LogP contribution in [0.15, 0.2) is 0 Å². The minimum absolute atomic E-state index is 0.206. The first-order chi connectivity index (χ1) is 9.97. The van der Waals surface area contributed by atoms with Crippen molar-refractivity contribution in [1.82, 2.24) is 0 Å². The number of hydrogen-bond donors (Lipinski definition) is 0. The summed E-state index contributed by atoms with van der Waals surface area (Å²) in [7, 11) is 0. The van der Waals surface area contributed by atoms with E-state index in [1.165, 1.54) is 25.7 Å². The minimum Gasteiger partial charge on any atom is -0.319 e. The molecule has 0 saturated heterocycles. The quantitative estimate of drug-likeness (QED) is 0.248. The molecule has 0 aliphatic rings. The second-order valence-corrected chi connectivity index (χ2v) is 12.1. The number of rotatable bonds is 14. The molecule has 2 nitrogen and oxygen atoms in total. The molecule has 0 amide bonds. The molecule has 0 radical (unpaired) electrons. The van der Waals surface area contributed by atoms with E-state index < -0.39 is 5.69 Å². The van der Waals surface area contributed by atoms with Crippen molar-refractivity contribution in [3.8, 4) is 0 Å². The van der Waals surface area contributed by atoms with Gasteiger partial charge in [-0.1, -0.05) is 64.3 Å². The van der Waals surface area contributed by atoms with Gasteiger partial charge in [-0.15, -0.1) is 0 Å². The minimum atomic E-state index is -2.19. The summed E-state index contributed by atoms with van der Waals surface area (Å²) in [5.74, 6) is 1.06. The molecule has 5 heteroatoms. The SMILES string of the molecule is CCCCCCSP(=S)(OC(C)CCC)OC(C)CCC. The normalized spacial score (nSPS) is 17.4. The van der Waals surface area contributed by atoms with Crippen LogP contribution in [-0.4, -0.2) is 18.0 Å². The molecular formula is C16H35O2PS2. The Labute approximate surface area is 142 Å². The van der Waals surface area contributed by atoms with Crippen LogP contribution >= 0.6 is 17.1 Å². The van der Waals surface area contributed by atoms with Crippen LogP contribution < -0.4 is 0 Å². The van der Waals surface area contributed by atoms with Gasteiger partial charge in [0.2, 0.25) is 5.69 Å². The van der Waals surface area contributed by atoms with Crippen LogP contribution in [0.25, 0.3) is 0 Å². The lowest BCUT2D eigenvalue weighted by Gasteiger charge is -2.28. The van der Waals surface area contributed by atoms with E-state index in [0.29, 0.717) is 0 Å². The van der Waals surface area contributed by atoms with Gasteiger partial charge in [0, 0.05) is 5.75 Å². The molecule has 0 aromatic carbocycles. The van der Waals surface area contributed by atoms with Gasteiger partial charge in [-0.2, -0.15) is 0 Å². The summed E-state index contributed by atoms with van der Waals surface area (Å²) in [5.41, 5.74) is -2.19. The smallest absolute Gasteiger partial charge is 0.247 e. The third kappa shape index (κ3) is 12.1. The third-order valence-electron chi connectivity index (χ3n) is 3.26. The fourth-order valence-electron chi connectivity index (χ4n) is 2.15. The van der Waals surface area contributed by atoms with Crippen LogP contribution in [0.4, 0.5) is 0 Å². The molecule has 0 saturated carbocycles. The summed E-state index contributed by atoms with van der Waals surface area (Å²) in [5, 5.41) is 0. The van der Waals surface area contributed by atoms with Gasteiger partial charge in [-0.25, -0.2) is 0 Å². The lowest BCUT2D eigenvalue weighted by Crippen LogP contribution is -2.11. The fourth-order valence-corrected chi connectivity index (χ4v) is 7.83. The molecule has 0 N–H and O–H groups in total. The molecule has 0 rings (SSSR count). The van der Waals surface area contributed by atoms with E-state index in [1.807, 2.05) is 0 Å². The Morgan fingerprint density at radius 2 is 1.38 bits per heavy atom. The topological polar surface area (TPSA) is 18.5 Å². The van der Waals surface area contributed by atoms with Crippen LogP contribution in [0.1, 0.15) is 86.0 Å². The second-order valence-electron chi connectivity index (χ2n) is 5.75. The van der Waals surface area contributed by atoms with E-state index in [9.17, 15) is 0 Å². The Kier molecular flexibility index (Phi) is 14.0. The van der Waals surface area contributed by atoms with Crippen LogP contribution in [0, 0.1) is 0 Å². The van der Waals surface area contributed by atoms with Crippen molar-refractivity contribution in [1.29, 1.82) is 0 Å². The standard InChI is InChI=1S/C16H35O2PS2/c1-6-9-10-11-14-21-19(20,17-15(4)12-7-2)18-16(5)13-8-3/h15-16H,6-14H2,1-5H3. The van der Waals surface area contributed by atoms with Gasteiger partial charge in [0.15, 0.2) is 0 Å². The average Bonchev–Trinajstić information content (AvgIpc) is 2.38. The van der Waals surface area contributed by atoms with E-state index in [4.69, 9.17) is 20.9 Å². The number of hydrogen-bond acceptors (Lipinski definition) is 4. The predicted molar refractivity (Wildman–Crippen MR) is 102 cm³/mol. The summed E-state index contributed by atoms with van der Waals surface area (Å²) < 4.78 is 12.3. The van der Waals surface area contributed by atoms with Crippen molar-refractivity contribution in [2.45, 2.75) is 98.2 Å². The van der Waals surface area contributed by atoms with Crippen LogP contribution in [0.3, 0.4) is 0 Å². The molecule has 2 atom stereocenters. The van der Waals surface area contributed by atoms with Gasteiger partial charge < -0.3 is 9.05 Å². The summed E-state index contributed by atoms with van der Waals surface area (Å²) in [6, 6.07) is 0. The van der Waals surface area contributed by atoms with Gasteiger partial charge in [0.1, 0.15) is 0 Å². The second kappa shape index (κ2) is 13.4. The summed E-state index contributed by atoms with van der Waals surface area (Å²) in [4.78, 5) is 0. The molecule has 128 valence electrons. The summed E-state index contributed by atoms with van der Waals surface area (Å²) in [6.45, 7) is 10.8. The molecule has 0 aromatic rings. The average molecular weight is 355 g/mol. The van der Waals surface area contributed by atoms with Crippen LogP contribution in [0.2, 0.25) is 0 Å². The first-order valence-electron chi connectivity index (χ1n) is 8.58. The first-order valence-corrected chi connectivity index (χ1v) is 12.8. The molecule has 0 bridgehead atoms. The van der Waals surface area contributed by atoms with Gasteiger partial charge in [0.25, 0.3) is 0 Å². The van der Waals surface area contributed by atoms with E-state index in [0.717, 1.165) is 31.4 Å². The van der Waals surface area contributed by atoms with Crippen molar-refractivity contribution in [2.24, 2.45) is 0 Å². The molecular weight excluding hydrogens is 319 g/mol. The molecule has 0 spiro atoms. The predicted octanol–water partition coefficient (Wildman–Crippen LogP) is 6.93. The Morgan fingerprint density at radius 1 is 0.857 bits per heavy atom. The van der Waals surface area contributed by atoms with Gasteiger partial charge in [0.05, 0.1) is 12.2 Å². The monoisotopic (exact) mass is 354 g/mol. The highest BCUT2D eigenvalue weighted by atomic mass is 32.9. The van der Waals surface area contributed by atoms with Gasteiger partial charge >= 0.3 is 0 Å². The van der Waals surface area contributed by atoms with E-state index in [-0.39, 0.29) is 12.2 Å². The Morgan fingerprint density at radius 3 is 1.81 bits per heavy atom. The largest absolute Gasteiger partial charge is 0.319 e. The molecule has 0 aliphatic heterocycles. The molecule has 0 heterocycles. The number of unbranched alkanes of at least 4 members (excludes halogenated alkanes) is 3. The van der Waals surface area contributed by atoms with Crippen molar-refractivity contribution in [3.05, 3.63) is 0 Å². The van der Waals surface area contributed by atoms with Crippen LogP contribution in [0.5, 0.6) is 0 Å². The highest BCUT2D eigenvalue weighted by Crippen LogP contribution is 2.63. The van der Waals surface area contributed by atoms with Crippen LogP contribution in [-0.2, 0) is 20.9 Å². The van der Waals surface area contributed by atoms with Gasteiger partial charge in [-0.3, -0.25) is 0 Å². The maximum Gasteiger partial charge on any atom is 0.247 e. The lowest BCUT2D eigenvalue weighted by atomic mass is 10.2. The van der Waals surface area contributed by atoms with Crippen molar-refractivity contribution in [2.75, 3.05) is 5.75 Å². The maximum absolute atomic E-state index is 6.17. The van der Waals surface area contributed by atoms with Crippen molar-refractivity contribution < 1.29 is 9.05 Å². The zero-order chi connectivity index (χ0) is 16.1.